The number of sulfonamides is 1. The first-order chi connectivity index (χ1) is 10.4. The molecule has 0 aliphatic heterocycles. The molecule has 0 saturated heterocycles. The van der Waals surface area contributed by atoms with Crippen LogP contribution >= 0.6 is 0 Å². The van der Waals surface area contributed by atoms with Gasteiger partial charge in [-0.1, -0.05) is 42.5 Å². The van der Waals surface area contributed by atoms with E-state index in [0.717, 1.165) is 0 Å². The monoisotopic (exact) mass is 319 g/mol. The first kappa shape index (κ1) is 16.4. The topological polar surface area (TPSA) is 83.5 Å². The van der Waals surface area contributed by atoms with Crippen LogP contribution in [0.2, 0.25) is 0 Å². The van der Waals surface area contributed by atoms with Crippen LogP contribution in [0.25, 0.3) is 0 Å². The van der Waals surface area contributed by atoms with E-state index in [4.69, 9.17) is 0 Å². The van der Waals surface area contributed by atoms with Crippen molar-refractivity contribution in [1.82, 2.24) is 4.72 Å². The molecule has 0 spiro atoms. The summed E-state index contributed by atoms with van der Waals surface area (Å²) in [6, 6.07) is 14.5. The molecule has 116 valence electrons. The summed E-state index contributed by atoms with van der Waals surface area (Å²) in [5, 5.41) is 9.98. The summed E-state index contributed by atoms with van der Waals surface area (Å²) in [7, 11) is -3.73. The first-order valence-electron chi connectivity index (χ1n) is 6.74. The quantitative estimate of drug-likeness (QED) is 0.797. The summed E-state index contributed by atoms with van der Waals surface area (Å²) < 4.78 is 26.6. The Bertz CT molecular complexity index is 739. The molecule has 0 aromatic heterocycles. The lowest BCUT2D eigenvalue weighted by Gasteiger charge is -2.12. The summed E-state index contributed by atoms with van der Waals surface area (Å²) in [5.74, 6) is -0.128. The zero-order chi connectivity index (χ0) is 16.2. The molecule has 0 amide bonds. The van der Waals surface area contributed by atoms with E-state index in [9.17, 15) is 18.3 Å². The molecule has 2 aromatic carbocycles. The maximum atomic E-state index is 12.1. The van der Waals surface area contributed by atoms with E-state index in [0.29, 0.717) is 11.1 Å². The smallest absolute Gasteiger partial charge is 0.240 e. The van der Waals surface area contributed by atoms with Crippen LogP contribution in [-0.4, -0.2) is 25.9 Å². The van der Waals surface area contributed by atoms with Gasteiger partial charge >= 0.3 is 0 Å². The Labute approximate surface area is 129 Å². The molecular weight excluding hydrogens is 302 g/mol. The number of ketones is 1. The second-order valence-corrected chi connectivity index (χ2v) is 6.63. The van der Waals surface area contributed by atoms with Crippen molar-refractivity contribution in [2.45, 2.75) is 17.9 Å². The zero-order valence-electron chi connectivity index (χ0n) is 12.1. The van der Waals surface area contributed by atoms with Crippen LogP contribution in [0.5, 0.6) is 0 Å². The number of carbonyl (C=O) groups is 1. The number of rotatable bonds is 6. The molecule has 1 atom stereocenters. The molecule has 1 unspecified atom stereocenters. The number of nitrogens with one attached hydrogen (secondary N) is 1. The highest BCUT2D eigenvalue weighted by Crippen LogP contribution is 2.14. The lowest BCUT2D eigenvalue weighted by Crippen LogP contribution is -2.28. The lowest BCUT2D eigenvalue weighted by molar-refractivity contribution is 0.101. The summed E-state index contributed by atoms with van der Waals surface area (Å²) in [4.78, 5) is 11.2. The van der Waals surface area contributed by atoms with Crippen molar-refractivity contribution in [3.63, 3.8) is 0 Å². The minimum atomic E-state index is -3.73. The van der Waals surface area contributed by atoms with Crippen molar-refractivity contribution in [3.8, 4) is 0 Å². The summed E-state index contributed by atoms with van der Waals surface area (Å²) >= 11 is 0. The van der Waals surface area contributed by atoms with Gasteiger partial charge in [-0.3, -0.25) is 4.79 Å². The van der Waals surface area contributed by atoms with Crippen LogP contribution in [0.4, 0.5) is 0 Å². The Morgan fingerprint density at radius 1 is 1.09 bits per heavy atom. The van der Waals surface area contributed by atoms with Gasteiger partial charge in [0.2, 0.25) is 10.0 Å². The molecule has 22 heavy (non-hydrogen) atoms. The van der Waals surface area contributed by atoms with Crippen molar-refractivity contribution in [2.24, 2.45) is 0 Å². The first-order valence-corrected chi connectivity index (χ1v) is 8.22. The van der Waals surface area contributed by atoms with Crippen molar-refractivity contribution in [1.29, 1.82) is 0 Å². The average molecular weight is 319 g/mol. The lowest BCUT2D eigenvalue weighted by atomic mass is 10.1. The fourth-order valence-electron chi connectivity index (χ4n) is 1.93. The van der Waals surface area contributed by atoms with E-state index < -0.39 is 16.1 Å². The van der Waals surface area contributed by atoms with E-state index in [1.807, 2.05) is 6.07 Å². The predicted molar refractivity (Wildman–Crippen MR) is 83.0 cm³/mol. The molecule has 0 fully saturated rings. The Morgan fingerprint density at radius 2 is 1.68 bits per heavy atom. The van der Waals surface area contributed by atoms with Crippen molar-refractivity contribution >= 4 is 15.8 Å². The van der Waals surface area contributed by atoms with Crippen molar-refractivity contribution in [2.75, 3.05) is 6.54 Å². The van der Waals surface area contributed by atoms with Crippen LogP contribution in [0, 0.1) is 0 Å². The Morgan fingerprint density at radius 3 is 2.23 bits per heavy atom. The number of carbonyl (C=O) groups excluding carboxylic acids is 1. The molecule has 0 heterocycles. The van der Waals surface area contributed by atoms with Gasteiger partial charge in [0.25, 0.3) is 0 Å². The second-order valence-electron chi connectivity index (χ2n) is 4.86. The van der Waals surface area contributed by atoms with Crippen LogP contribution < -0.4 is 4.72 Å². The molecule has 0 radical (unpaired) electrons. The third kappa shape index (κ3) is 4.00. The fourth-order valence-corrected chi connectivity index (χ4v) is 2.97. The normalized spacial score (nSPS) is 12.8. The molecule has 2 aromatic rings. The highest BCUT2D eigenvalue weighted by molar-refractivity contribution is 7.89. The average Bonchev–Trinajstić information content (AvgIpc) is 2.53. The third-order valence-electron chi connectivity index (χ3n) is 3.22. The highest BCUT2D eigenvalue weighted by atomic mass is 32.2. The minimum Gasteiger partial charge on any atom is -0.387 e. The van der Waals surface area contributed by atoms with Gasteiger partial charge in [-0.2, -0.15) is 0 Å². The van der Waals surface area contributed by atoms with E-state index in [1.54, 1.807) is 24.3 Å². The van der Waals surface area contributed by atoms with Gasteiger partial charge in [0, 0.05) is 12.1 Å². The molecule has 5 nitrogen and oxygen atoms in total. The number of hydrogen-bond donors (Lipinski definition) is 2. The van der Waals surface area contributed by atoms with Gasteiger partial charge in [0.15, 0.2) is 5.78 Å². The largest absolute Gasteiger partial charge is 0.387 e. The zero-order valence-corrected chi connectivity index (χ0v) is 12.9. The van der Waals surface area contributed by atoms with E-state index in [-0.39, 0.29) is 17.2 Å². The van der Waals surface area contributed by atoms with Crippen LogP contribution in [0.3, 0.4) is 0 Å². The summed E-state index contributed by atoms with van der Waals surface area (Å²) in [6.45, 7) is 1.29. The number of hydrogen-bond acceptors (Lipinski definition) is 4. The summed E-state index contributed by atoms with van der Waals surface area (Å²) in [6.07, 6.45) is -0.924. The number of Topliss-reactive ketones (excluding diaryl/α,β-unsaturated/α-hetero) is 1. The SMILES string of the molecule is CC(=O)c1ccc(S(=O)(=O)NCC(O)c2ccccc2)cc1. The molecule has 2 N–H and O–H groups in total. The van der Waals surface area contributed by atoms with Crippen molar-refractivity contribution < 1.29 is 18.3 Å². The summed E-state index contributed by atoms with van der Waals surface area (Å²) in [5.41, 5.74) is 1.08. The fraction of sp³-hybridized carbons (Fsp3) is 0.188. The van der Waals surface area contributed by atoms with E-state index in [1.165, 1.54) is 31.2 Å². The van der Waals surface area contributed by atoms with Gasteiger partial charge < -0.3 is 5.11 Å². The van der Waals surface area contributed by atoms with Crippen LogP contribution in [-0.2, 0) is 10.0 Å². The second kappa shape index (κ2) is 6.83. The Kier molecular flexibility index (Phi) is 5.07. The molecule has 6 heteroatoms. The third-order valence-corrected chi connectivity index (χ3v) is 4.66. The number of aliphatic hydroxyl groups is 1. The van der Waals surface area contributed by atoms with Gasteiger partial charge in [-0.25, -0.2) is 13.1 Å². The van der Waals surface area contributed by atoms with E-state index in [2.05, 4.69) is 4.72 Å². The Balaban J connectivity index is 2.06. The highest BCUT2D eigenvalue weighted by Gasteiger charge is 2.16. The number of aliphatic hydroxyl groups excluding tert-OH is 1. The van der Waals surface area contributed by atoms with Gasteiger partial charge in [-0.05, 0) is 24.6 Å². The molecular formula is C16H17NO4S. The molecule has 0 bridgehead atoms. The number of benzene rings is 2. The Hall–Kier alpha value is -2.02. The molecule has 2 rings (SSSR count). The molecule has 0 aliphatic rings. The minimum absolute atomic E-state index is 0.0535. The van der Waals surface area contributed by atoms with Gasteiger partial charge in [-0.15, -0.1) is 0 Å². The van der Waals surface area contributed by atoms with Gasteiger partial charge in [0.05, 0.1) is 11.0 Å². The maximum Gasteiger partial charge on any atom is 0.240 e. The van der Waals surface area contributed by atoms with Crippen LogP contribution in [0.15, 0.2) is 59.5 Å². The van der Waals surface area contributed by atoms with Gasteiger partial charge in [0.1, 0.15) is 0 Å². The van der Waals surface area contributed by atoms with Crippen LogP contribution in [0.1, 0.15) is 28.9 Å². The molecule has 0 aliphatic carbocycles. The maximum absolute atomic E-state index is 12.1. The molecule has 0 saturated carbocycles. The van der Waals surface area contributed by atoms with E-state index >= 15 is 0 Å². The van der Waals surface area contributed by atoms with Crippen molar-refractivity contribution in [3.05, 3.63) is 65.7 Å². The predicted octanol–water partition coefficient (Wildman–Crippen LogP) is 1.90. The standard InChI is InChI=1S/C16H17NO4S/c1-12(18)13-7-9-15(10-8-13)22(20,21)17-11-16(19)14-5-3-2-4-6-14/h2-10,16-17,19H,11H2,1H3.